The molecule has 0 aliphatic carbocycles. The van der Waals surface area contributed by atoms with E-state index < -0.39 is 9.84 Å². The number of aryl methyl sites for hydroxylation is 1. The molecule has 2 rings (SSSR count). The highest BCUT2D eigenvalue weighted by atomic mass is 32.2. The first kappa shape index (κ1) is 13.2. The average Bonchev–Trinajstić information content (AvgIpc) is 2.57. The Balaban J connectivity index is 2.07. The minimum absolute atomic E-state index is 0.0244. The Bertz CT molecular complexity index is 594. The number of aromatic amines is 1. The Morgan fingerprint density at radius 1 is 1.56 bits per heavy atom. The number of hydrogen-bond acceptors (Lipinski definition) is 5. The molecule has 1 aromatic rings. The summed E-state index contributed by atoms with van der Waals surface area (Å²) < 4.78 is 22.8. The second kappa shape index (κ2) is 4.81. The van der Waals surface area contributed by atoms with Crippen LogP contribution in [0.3, 0.4) is 0 Å². The van der Waals surface area contributed by atoms with Gasteiger partial charge < -0.3 is 4.98 Å². The van der Waals surface area contributed by atoms with Crippen LogP contribution in [0.25, 0.3) is 0 Å². The van der Waals surface area contributed by atoms with E-state index in [1.165, 1.54) is 6.07 Å². The van der Waals surface area contributed by atoms with Crippen molar-refractivity contribution in [1.82, 2.24) is 14.9 Å². The zero-order valence-electron chi connectivity index (χ0n) is 10.5. The third-order valence-corrected chi connectivity index (χ3v) is 4.91. The first-order chi connectivity index (χ1) is 8.35. The fraction of sp³-hybridized carbons (Fsp3) is 0.636. The summed E-state index contributed by atoms with van der Waals surface area (Å²) in [7, 11) is -1.01. The predicted molar refractivity (Wildman–Crippen MR) is 68.1 cm³/mol. The van der Waals surface area contributed by atoms with E-state index in [2.05, 4.69) is 9.97 Å². The van der Waals surface area contributed by atoms with Crippen LogP contribution in [0.2, 0.25) is 0 Å². The van der Waals surface area contributed by atoms with E-state index in [1.54, 1.807) is 6.92 Å². The van der Waals surface area contributed by atoms with E-state index in [9.17, 15) is 13.2 Å². The molecule has 100 valence electrons. The molecule has 1 aliphatic rings. The molecule has 18 heavy (non-hydrogen) atoms. The van der Waals surface area contributed by atoms with Gasteiger partial charge in [-0.25, -0.2) is 13.4 Å². The van der Waals surface area contributed by atoms with E-state index >= 15 is 0 Å². The second-order valence-electron chi connectivity index (χ2n) is 4.79. The summed E-state index contributed by atoms with van der Waals surface area (Å²) in [6.45, 7) is 2.22. The van der Waals surface area contributed by atoms with Crippen molar-refractivity contribution in [3.63, 3.8) is 0 Å². The van der Waals surface area contributed by atoms with Gasteiger partial charge in [-0.05, 0) is 20.4 Å². The lowest BCUT2D eigenvalue weighted by molar-refractivity contribution is 0.250. The quantitative estimate of drug-likeness (QED) is 0.816. The van der Waals surface area contributed by atoms with Gasteiger partial charge in [0.05, 0.1) is 17.2 Å². The molecule has 0 aromatic carbocycles. The molecule has 1 saturated heterocycles. The molecule has 0 spiro atoms. The first-order valence-electron chi connectivity index (χ1n) is 5.83. The zero-order valence-corrected chi connectivity index (χ0v) is 11.3. The van der Waals surface area contributed by atoms with Crippen molar-refractivity contribution in [2.24, 2.45) is 0 Å². The second-order valence-corrected chi connectivity index (χ2v) is 7.02. The Labute approximate surface area is 106 Å². The summed E-state index contributed by atoms with van der Waals surface area (Å²) in [5.41, 5.74) is 0.494. The van der Waals surface area contributed by atoms with E-state index in [4.69, 9.17) is 0 Å². The molecule has 0 saturated carbocycles. The molecule has 1 aliphatic heterocycles. The van der Waals surface area contributed by atoms with Crippen molar-refractivity contribution in [2.75, 3.05) is 18.6 Å². The van der Waals surface area contributed by atoms with Crippen molar-refractivity contribution < 1.29 is 8.42 Å². The van der Waals surface area contributed by atoms with Crippen molar-refractivity contribution >= 4 is 9.84 Å². The fourth-order valence-electron chi connectivity index (χ4n) is 2.23. The number of nitrogens with one attached hydrogen (secondary N) is 1. The molecule has 1 N–H and O–H groups in total. The predicted octanol–water partition coefficient (Wildman–Crippen LogP) is -0.303. The smallest absolute Gasteiger partial charge is 0.251 e. The van der Waals surface area contributed by atoms with Gasteiger partial charge in [-0.3, -0.25) is 9.69 Å². The lowest BCUT2D eigenvalue weighted by atomic mass is 10.2. The summed E-state index contributed by atoms with van der Waals surface area (Å²) in [6.07, 6.45) is 0.654. The number of sulfone groups is 1. The van der Waals surface area contributed by atoms with Crippen LogP contribution < -0.4 is 5.56 Å². The Kier molecular flexibility index (Phi) is 3.54. The van der Waals surface area contributed by atoms with Gasteiger partial charge in [-0.1, -0.05) is 0 Å². The lowest BCUT2D eigenvalue weighted by Crippen LogP contribution is -2.32. The van der Waals surface area contributed by atoms with E-state index in [0.29, 0.717) is 24.5 Å². The summed E-state index contributed by atoms with van der Waals surface area (Å²) in [4.78, 5) is 20.1. The molecule has 6 nitrogen and oxygen atoms in total. The van der Waals surface area contributed by atoms with Crippen molar-refractivity contribution in [1.29, 1.82) is 0 Å². The lowest BCUT2D eigenvalue weighted by Gasteiger charge is -2.22. The van der Waals surface area contributed by atoms with E-state index in [0.717, 1.165) is 0 Å². The molecule has 0 unspecified atom stereocenters. The van der Waals surface area contributed by atoms with Gasteiger partial charge in [0.15, 0.2) is 9.84 Å². The van der Waals surface area contributed by atoms with Gasteiger partial charge in [-0.15, -0.1) is 0 Å². The molecule has 2 heterocycles. The number of nitrogens with zero attached hydrogens (tertiary/aromatic N) is 2. The summed E-state index contributed by atoms with van der Waals surface area (Å²) in [5.74, 6) is 1.03. The molecule has 1 aromatic heterocycles. The van der Waals surface area contributed by atoms with Crippen molar-refractivity contribution in [3.05, 3.63) is 27.9 Å². The third kappa shape index (κ3) is 3.17. The van der Waals surface area contributed by atoms with Gasteiger partial charge in [0, 0.05) is 18.7 Å². The first-order valence-corrected chi connectivity index (χ1v) is 7.65. The normalized spacial score (nSPS) is 22.5. The van der Waals surface area contributed by atoms with Crippen LogP contribution in [0.5, 0.6) is 0 Å². The van der Waals surface area contributed by atoms with Gasteiger partial charge >= 0.3 is 0 Å². The molecular weight excluding hydrogens is 254 g/mol. The highest BCUT2D eigenvalue weighted by molar-refractivity contribution is 7.91. The van der Waals surface area contributed by atoms with Crippen LogP contribution in [0.1, 0.15) is 17.9 Å². The third-order valence-electron chi connectivity index (χ3n) is 3.16. The molecule has 1 fully saturated rings. The number of aromatic nitrogens is 2. The van der Waals surface area contributed by atoms with E-state index in [-0.39, 0.29) is 23.1 Å². The largest absolute Gasteiger partial charge is 0.311 e. The number of hydrogen-bond donors (Lipinski definition) is 1. The van der Waals surface area contributed by atoms with Gasteiger partial charge in [0.25, 0.3) is 5.56 Å². The minimum atomic E-state index is -2.88. The summed E-state index contributed by atoms with van der Waals surface area (Å²) >= 11 is 0. The van der Waals surface area contributed by atoms with Crippen LogP contribution >= 0.6 is 0 Å². The number of rotatable bonds is 3. The standard InChI is InChI=1S/C11H17N3O3S/c1-8-12-9(5-11(15)13-8)6-14(2)10-3-4-18(16,17)7-10/h5,10H,3-4,6-7H2,1-2H3,(H,12,13,15)/t10-/m1/s1. The van der Waals surface area contributed by atoms with Crippen LogP contribution in [0.4, 0.5) is 0 Å². The van der Waals surface area contributed by atoms with Crippen LogP contribution in [-0.4, -0.2) is 47.9 Å². The Morgan fingerprint density at radius 3 is 2.83 bits per heavy atom. The minimum Gasteiger partial charge on any atom is -0.311 e. The maximum Gasteiger partial charge on any atom is 0.251 e. The Morgan fingerprint density at radius 2 is 2.28 bits per heavy atom. The Hall–Kier alpha value is -1.21. The molecule has 7 heteroatoms. The topological polar surface area (TPSA) is 83.1 Å². The van der Waals surface area contributed by atoms with Gasteiger partial charge in [-0.2, -0.15) is 0 Å². The number of H-pyrrole nitrogens is 1. The van der Waals surface area contributed by atoms with Crippen LogP contribution in [0.15, 0.2) is 10.9 Å². The van der Waals surface area contributed by atoms with Crippen molar-refractivity contribution in [3.8, 4) is 0 Å². The molecule has 0 amide bonds. The maximum atomic E-state index is 11.4. The van der Waals surface area contributed by atoms with E-state index in [1.807, 2.05) is 11.9 Å². The van der Waals surface area contributed by atoms with Crippen LogP contribution in [-0.2, 0) is 16.4 Å². The zero-order chi connectivity index (χ0) is 13.3. The molecule has 0 bridgehead atoms. The van der Waals surface area contributed by atoms with Crippen molar-refractivity contribution in [2.45, 2.75) is 25.9 Å². The summed E-state index contributed by atoms with van der Waals surface area (Å²) in [6, 6.07) is 1.48. The molecule has 1 atom stereocenters. The average molecular weight is 271 g/mol. The summed E-state index contributed by atoms with van der Waals surface area (Å²) in [5, 5.41) is 0. The monoisotopic (exact) mass is 271 g/mol. The van der Waals surface area contributed by atoms with Gasteiger partial charge in [0.2, 0.25) is 0 Å². The van der Waals surface area contributed by atoms with Crippen LogP contribution in [0, 0.1) is 6.92 Å². The maximum absolute atomic E-state index is 11.4. The highest BCUT2D eigenvalue weighted by Gasteiger charge is 2.30. The fourth-order valence-corrected chi connectivity index (χ4v) is 4.04. The molecular formula is C11H17N3O3S. The molecule has 0 radical (unpaired) electrons. The van der Waals surface area contributed by atoms with Gasteiger partial charge in [0.1, 0.15) is 5.82 Å². The SMILES string of the molecule is Cc1nc(CN(C)[C@@H]2CCS(=O)(=O)C2)cc(=O)[nH]1. The highest BCUT2D eigenvalue weighted by Crippen LogP contribution is 2.17.